The van der Waals surface area contributed by atoms with Crippen LogP contribution in [-0.2, 0) is 4.79 Å². The van der Waals surface area contributed by atoms with Crippen LogP contribution in [0.25, 0.3) is 28.0 Å². The van der Waals surface area contributed by atoms with Crippen LogP contribution in [0, 0.1) is 5.92 Å². The Balaban J connectivity index is 2.00. The molecule has 0 saturated heterocycles. The summed E-state index contributed by atoms with van der Waals surface area (Å²) in [7, 11) is 0. The van der Waals surface area contributed by atoms with E-state index in [9.17, 15) is 9.59 Å². The summed E-state index contributed by atoms with van der Waals surface area (Å²) < 4.78 is 3.11. The van der Waals surface area contributed by atoms with E-state index in [-0.39, 0.29) is 17.3 Å². The Morgan fingerprint density at radius 1 is 0.931 bits per heavy atom. The second-order valence-electron chi connectivity index (χ2n) is 7.42. The van der Waals surface area contributed by atoms with Gasteiger partial charge in [-0.05, 0) is 31.0 Å². The van der Waals surface area contributed by atoms with Crippen molar-refractivity contribution >= 4 is 11.3 Å². The molecule has 3 aromatic heterocycles. The van der Waals surface area contributed by atoms with Crippen molar-refractivity contribution in [2.45, 2.75) is 26.8 Å². The van der Waals surface area contributed by atoms with E-state index in [0.717, 1.165) is 22.3 Å². The van der Waals surface area contributed by atoms with Crippen molar-refractivity contribution in [3.05, 3.63) is 77.2 Å². The zero-order chi connectivity index (χ0) is 20.5. The van der Waals surface area contributed by atoms with Crippen molar-refractivity contribution in [1.82, 2.24) is 19.4 Å². The van der Waals surface area contributed by atoms with Gasteiger partial charge in [-0.25, -0.2) is 9.20 Å². The number of Topliss-reactive ketones (excluding diaryl/α,β-unsaturated/α-hetero) is 1. The standard InChI is InChI=1S/C23H22N4O2/c1-15(2)23(16(3)28)27-20(29)13-12-18(24-27)21-19-11-7-8-14-26(19)25-22(21)17-9-5-4-6-10-17/h4-15,23H,1-3H3. The predicted octanol–water partition coefficient (Wildman–Crippen LogP) is 4.01. The molecule has 0 aliphatic rings. The fourth-order valence-corrected chi connectivity index (χ4v) is 3.73. The second kappa shape index (κ2) is 7.47. The smallest absolute Gasteiger partial charge is 0.267 e. The van der Waals surface area contributed by atoms with Gasteiger partial charge in [-0.3, -0.25) is 9.59 Å². The topological polar surface area (TPSA) is 69.3 Å². The van der Waals surface area contributed by atoms with Crippen molar-refractivity contribution < 1.29 is 4.79 Å². The van der Waals surface area contributed by atoms with Gasteiger partial charge in [0.2, 0.25) is 0 Å². The fraction of sp³-hybridized carbons (Fsp3) is 0.217. The SMILES string of the molecule is CC(=O)C(C(C)C)n1nc(-c2c(-c3ccccc3)nn3ccccc23)ccc1=O. The van der Waals surface area contributed by atoms with E-state index < -0.39 is 6.04 Å². The molecule has 0 aliphatic carbocycles. The molecule has 3 heterocycles. The number of rotatable bonds is 5. The number of pyridine rings is 1. The molecule has 0 amide bonds. The van der Waals surface area contributed by atoms with Gasteiger partial charge in [0.25, 0.3) is 5.56 Å². The van der Waals surface area contributed by atoms with E-state index >= 15 is 0 Å². The van der Waals surface area contributed by atoms with Crippen LogP contribution in [0.15, 0.2) is 71.7 Å². The second-order valence-corrected chi connectivity index (χ2v) is 7.42. The molecule has 6 nitrogen and oxygen atoms in total. The summed E-state index contributed by atoms with van der Waals surface area (Å²) in [5.74, 6) is -0.139. The number of fused-ring (bicyclic) bond motifs is 1. The number of carbonyl (C=O) groups is 1. The number of hydrogen-bond acceptors (Lipinski definition) is 4. The minimum absolute atomic E-state index is 0.0505. The largest absolute Gasteiger partial charge is 0.298 e. The lowest BCUT2D eigenvalue weighted by Crippen LogP contribution is -2.33. The Labute approximate surface area is 168 Å². The average Bonchev–Trinajstić information content (AvgIpc) is 3.09. The van der Waals surface area contributed by atoms with Crippen molar-refractivity contribution in [3.63, 3.8) is 0 Å². The van der Waals surface area contributed by atoms with Gasteiger partial charge in [0.05, 0.1) is 16.8 Å². The Bertz CT molecular complexity index is 1240. The zero-order valence-corrected chi connectivity index (χ0v) is 16.6. The van der Waals surface area contributed by atoms with Crippen LogP contribution in [0.4, 0.5) is 0 Å². The summed E-state index contributed by atoms with van der Waals surface area (Å²) in [5.41, 5.74) is 3.76. The monoisotopic (exact) mass is 386 g/mol. The molecule has 4 aromatic rings. The maximum atomic E-state index is 12.5. The van der Waals surface area contributed by atoms with Gasteiger partial charge < -0.3 is 0 Å². The zero-order valence-electron chi connectivity index (χ0n) is 16.6. The predicted molar refractivity (Wildman–Crippen MR) is 113 cm³/mol. The summed E-state index contributed by atoms with van der Waals surface area (Å²) in [6, 6.07) is 18.3. The minimum atomic E-state index is -0.607. The van der Waals surface area contributed by atoms with E-state index in [1.54, 1.807) is 10.6 Å². The summed E-state index contributed by atoms with van der Waals surface area (Å²) in [6.07, 6.45) is 1.88. The summed E-state index contributed by atoms with van der Waals surface area (Å²) in [4.78, 5) is 24.8. The first-order valence-corrected chi connectivity index (χ1v) is 9.61. The van der Waals surface area contributed by atoms with Gasteiger partial charge in [-0.1, -0.05) is 50.2 Å². The number of ketones is 1. The van der Waals surface area contributed by atoms with Gasteiger partial charge in [-0.15, -0.1) is 0 Å². The van der Waals surface area contributed by atoms with Crippen molar-refractivity contribution in [2.24, 2.45) is 5.92 Å². The Hall–Kier alpha value is -3.54. The average molecular weight is 386 g/mol. The van der Waals surface area contributed by atoms with Gasteiger partial charge in [0.15, 0.2) is 5.78 Å². The maximum Gasteiger partial charge on any atom is 0.267 e. The first-order valence-electron chi connectivity index (χ1n) is 9.61. The van der Waals surface area contributed by atoms with E-state index in [1.165, 1.54) is 17.7 Å². The number of benzene rings is 1. The molecule has 0 saturated carbocycles. The van der Waals surface area contributed by atoms with Crippen molar-refractivity contribution in [3.8, 4) is 22.5 Å². The molecule has 0 bridgehead atoms. The molecule has 1 atom stereocenters. The first kappa shape index (κ1) is 18.8. The van der Waals surface area contributed by atoms with Crippen molar-refractivity contribution in [1.29, 1.82) is 0 Å². The number of nitrogens with zero attached hydrogens (tertiary/aromatic N) is 4. The molecule has 146 valence electrons. The normalized spacial score (nSPS) is 12.4. The molecule has 29 heavy (non-hydrogen) atoms. The van der Waals surface area contributed by atoms with E-state index in [0.29, 0.717) is 5.69 Å². The quantitative estimate of drug-likeness (QED) is 0.520. The Morgan fingerprint density at radius 2 is 1.66 bits per heavy atom. The summed E-state index contributed by atoms with van der Waals surface area (Å²) >= 11 is 0. The van der Waals surface area contributed by atoms with Crippen LogP contribution in [0.2, 0.25) is 0 Å². The maximum absolute atomic E-state index is 12.5. The van der Waals surface area contributed by atoms with Crippen LogP contribution in [0.1, 0.15) is 26.8 Å². The highest BCUT2D eigenvalue weighted by Gasteiger charge is 2.24. The van der Waals surface area contributed by atoms with Crippen LogP contribution < -0.4 is 5.56 Å². The summed E-state index contributed by atoms with van der Waals surface area (Å²) in [5, 5.41) is 9.37. The third kappa shape index (κ3) is 3.38. The molecule has 0 aliphatic heterocycles. The number of carbonyl (C=O) groups excluding carboxylic acids is 1. The third-order valence-electron chi connectivity index (χ3n) is 4.98. The lowest BCUT2D eigenvalue weighted by Gasteiger charge is -2.20. The summed E-state index contributed by atoms with van der Waals surface area (Å²) in [6.45, 7) is 5.32. The van der Waals surface area contributed by atoms with Crippen LogP contribution >= 0.6 is 0 Å². The van der Waals surface area contributed by atoms with E-state index in [4.69, 9.17) is 5.10 Å². The third-order valence-corrected chi connectivity index (χ3v) is 4.98. The lowest BCUT2D eigenvalue weighted by molar-refractivity contribution is -0.121. The van der Waals surface area contributed by atoms with Gasteiger partial charge >= 0.3 is 0 Å². The van der Waals surface area contributed by atoms with Crippen LogP contribution in [-0.4, -0.2) is 25.2 Å². The highest BCUT2D eigenvalue weighted by atomic mass is 16.1. The molecule has 0 spiro atoms. The lowest BCUT2D eigenvalue weighted by atomic mass is 10.0. The molecule has 0 fully saturated rings. The molecule has 0 N–H and O–H groups in total. The fourth-order valence-electron chi connectivity index (χ4n) is 3.73. The molecular weight excluding hydrogens is 364 g/mol. The van der Waals surface area contributed by atoms with Gasteiger partial charge in [0, 0.05) is 17.8 Å². The molecule has 1 unspecified atom stereocenters. The highest BCUT2D eigenvalue weighted by molar-refractivity contribution is 5.90. The molecule has 1 aromatic carbocycles. The molecule has 0 radical (unpaired) electrons. The number of aromatic nitrogens is 4. The van der Waals surface area contributed by atoms with Crippen molar-refractivity contribution in [2.75, 3.05) is 0 Å². The minimum Gasteiger partial charge on any atom is -0.298 e. The molecule has 6 heteroatoms. The Morgan fingerprint density at radius 3 is 2.34 bits per heavy atom. The van der Waals surface area contributed by atoms with Crippen LogP contribution in [0.5, 0.6) is 0 Å². The van der Waals surface area contributed by atoms with E-state index in [1.807, 2.05) is 68.6 Å². The van der Waals surface area contributed by atoms with E-state index in [2.05, 4.69) is 5.10 Å². The van der Waals surface area contributed by atoms with Gasteiger partial charge in [-0.2, -0.15) is 10.2 Å². The highest BCUT2D eigenvalue weighted by Crippen LogP contribution is 2.33. The molecular formula is C23H22N4O2. The van der Waals surface area contributed by atoms with Gasteiger partial charge in [0.1, 0.15) is 11.7 Å². The number of hydrogen-bond donors (Lipinski definition) is 0. The molecule has 4 rings (SSSR count). The van der Waals surface area contributed by atoms with Crippen LogP contribution in [0.3, 0.4) is 0 Å². The Kier molecular flexibility index (Phi) is 4.84. The first-order chi connectivity index (χ1) is 14.0.